The second-order valence-electron chi connectivity index (χ2n) is 4.77. The van der Waals surface area contributed by atoms with Crippen LogP contribution in [0.25, 0.3) is 0 Å². The van der Waals surface area contributed by atoms with Gasteiger partial charge in [0.05, 0.1) is 18.7 Å². The molecule has 112 valence electrons. The smallest absolute Gasteiger partial charge is 0.316 e. The topological polar surface area (TPSA) is 63.7 Å². The number of Topliss-reactive ketones (excluding diaryl/α,β-unsaturated/α-hetero) is 1. The van der Waals surface area contributed by atoms with Crippen LogP contribution in [0.3, 0.4) is 0 Å². The Hall–Kier alpha value is -2.24. The number of likely N-dealkylation sites (tertiary alicyclic amines) is 1. The molecule has 1 aliphatic heterocycles. The maximum Gasteiger partial charge on any atom is 0.316 e. The lowest BCUT2D eigenvalue weighted by Crippen LogP contribution is -2.46. The predicted molar refractivity (Wildman–Crippen MR) is 72.1 cm³/mol. The molecular formula is C15H16FNO4. The van der Waals surface area contributed by atoms with Crippen molar-refractivity contribution in [3.63, 3.8) is 0 Å². The van der Waals surface area contributed by atoms with E-state index in [0.717, 1.165) is 0 Å². The van der Waals surface area contributed by atoms with Gasteiger partial charge in [-0.25, -0.2) is 4.39 Å². The first kappa shape index (κ1) is 15.2. The molecule has 0 bridgehead atoms. The molecule has 1 atom stereocenters. The van der Waals surface area contributed by atoms with E-state index < -0.39 is 23.6 Å². The molecule has 1 amide bonds. The zero-order chi connectivity index (χ0) is 15.4. The van der Waals surface area contributed by atoms with Crippen LogP contribution in [0.15, 0.2) is 24.3 Å². The Kier molecular flexibility index (Phi) is 4.67. The Morgan fingerprint density at radius 2 is 2.10 bits per heavy atom. The van der Waals surface area contributed by atoms with Crippen molar-refractivity contribution >= 4 is 17.7 Å². The molecule has 1 aliphatic rings. The van der Waals surface area contributed by atoms with Gasteiger partial charge in [0.15, 0.2) is 5.78 Å². The minimum atomic E-state index is -0.824. The van der Waals surface area contributed by atoms with Crippen LogP contribution in [0.1, 0.15) is 23.7 Å². The Morgan fingerprint density at radius 1 is 1.38 bits per heavy atom. The van der Waals surface area contributed by atoms with Gasteiger partial charge in [0.25, 0.3) is 5.91 Å². The quantitative estimate of drug-likeness (QED) is 0.624. The van der Waals surface area contributed by atoms with Gasteiger partial charge in [0.2, 0.25) is 0 Å². The Morgan fingerprint density at radius 3 is 2.71 bits per heavy atom. The number of nitrogens with zero attached hydrogens (tertiary/aromatic N) is 1. The first-order valence-electron chi connectivity index (χ1n) is 6.77. The van der Waals surface area contributed by atoms with Crippen LogP contribution in [0.2, 0.25) is 0 Å². The number of rotatable bonds is 3. The summed E-state index contributed by atoms with van der Waals surface area (Å²) in [5.74, 6) is -2.91. The van der Waals surface area contributed by atoms with Crippen molar-refractivity contribution in [1.82, 2.24) is 4.90 Å². The molecule has 6 heteroatoms. The summed E-state index contributed by atoms with van der Waals surface area (Å²) in [5.41, 5.74) is -0.0696. The van der Waals surface area contributed by atoms with Gasteiger partial charge in [-0.15, -0.1) is 0 Å². The van der Waals surface area contributed by atoms with Crippen LogP contribution in [0, 0.1) is 11.7 Å². The van der Waals surface area contributed by atoms with Gasteiger partial charge in [-0.3, -0.25) is 14.4 Å². The summed E-state index contributed by atoms with van der Waals surface area (Å²) in [6.45, 7) is 1.90. The molecule has 1 aromatic rings. The summed E-state index contributed by atoms with van der Waals surface area (Å²) < 4.78 is 18.4. The second-order valence-corrected chi connectivity index (χ2v) is 4.77. The van der Waals surface area contributed by atoms with E-state index in [1.165, 1.54) is 23.1 Å². The van der Waals surface area contributed by atoms with Gasteiger partial charge < -0.3 is 9.64 Å². The van der Waals surface area contributed by atoms with Crippen molar-refractivity contribution in [2.45, 2.75) is 13.3 Å². The van der Waals surface area contributed by atoms with E-state index in [4.69, 9.17) is 4.74 Å². The Balaban J connectivity index is 2.06. The summed E-state index contributed by atoms with van der Waals surface area (Å²) in [6, 6.07) is 5.62. The zero-order valence-electron chi connectivity index (χ0n) is 11.7. The Labute approximate surface area is 121 Å². The molecule has 1 aromatic carbocycles. The number of hydrogen-bond acceptors (Lipinski definition) is 4. The predicted octanol–water partition coefficient (Wildman–Crippen LogP) is 1.42. The van der Waals surface area contributed by atoms with E-state index in [2.05, 4.69) is 0 Å². The van der Waals surface area contributed by atoms with Gasteiger partial charge >= 0.3 is 5.97 Å². The van der Waals surface area contributed by atoms with Crippen LogP contribution in [-0.2, 0) is 14.3 Å². The van der Waals surface area contributed by atoms with Crippen LogP contribution < -0.4 is 0 Å². The van der Waals surface area contributed by atoms with Gasteiger partial charge in [-0.05, 0) is 25.5 Å². The van der Waals surface area contributed by atoms with Crippen molar-refractivity contribution in [3.8, 4) is 0 Å². The van der Waals surface area contributed by atoms with E-state index in [1.807, 2.05) is 0 Å². The molecule has 0 radical (unpaired) electrons. The molecule has 1 fully saturated rings. The van der Waals surface area contributed by atoms with Crippen LogP contribution in [0.4, 0.5) is 4.39 Å². The van der Waals surface area contributed by atoms with Gasteiger partial charge in [0, 0.05) is 6.54 Å². The van der Waals surface area contributed by atoms with Crippen molar-refractivity contribution in [2.75, 3.05) is 19.7 Å². The largest absolute Gasteiger partial charge is 0.465 e. The second kappa shape index (κ2) is 6.47. The summed E-state index contributed by atoms with van der Waals surface area (Å²) in [6.07, 6.45) is 0.206. The monoisotopic (exact) mass is 293 g/mol. The van der Waals surface area contributed by atoms with Crippen LogP contribution in [-0.4, -0.2) is 42.3 Å². The maximum atomic E-state index is 13.6. The highest BCUT2D eigenvalue weighted by molar-refractivity contribution is 6.04. The number of ether oxygens (including phenoxy) is 1. The zero-order valence-corrected chi connectivity index (χ0v) is 11.7. The maximum absolute atomic E-state index is 13.6. The average Bonchev–Trinajstić information content (AvgIpc) is 2.47. The van der Waals surface area contributed by atoms with Crippen molar-refractivity contribution < 1.29 is 23.5 Å². The minimum absolute atomic E-state index is 0.0696. The first-order chi connectivity index (χ1) is 10.0. The molecule has 1 unspecified atom stereocenters. The molecule has 0 aromatic heterocycles. The van der Waals surface area contributed by atoms with E-state index in [9.17, 15) is 18.8 Å². The number of piperidine rings is 1. The number of hydrogen-bond donors (Lipinski definition) is 0. The third-order valence-electron chi connectivity index (χ3n) is 3.39. The highest BCUT2D eigenvalue weighted by Crippen LogP contribution is 2.19. The summed E-state index contributed by atoms with van der Waals surface area (Å²) in [4.78, 5) is 37.0. The third kappa shape index (κ3) is 3.26. The molecule has 0 spiro atoms. The molecular weight excluding hydrogens is 277 g/mol. The van der Waals surface area contributed by atoms with Crippen molar-refractivity contribution in [2.24, 2.45) is 5.92 Å². The van der Waals surface area contributed by atoms with Crippen molar-refractivity contribution in [3.05, 3.63) is 35.6 Å². The fourth-order valence-electron chi connectivity index (χ4n) is 2.29. The number of benzene rings is 1. The molecule has 0 N–H and O–H groups in total. The molecule has 1 saturated heterocycles. The van der Waals surface area contributed by atoms with Gasteiger partial charge in [-0.1, -0.05) is 12.1 Å². The molecule has 1 heterocycles. The minimum Gasteiger partial charge on any atom is -0.465 e. The standard InChI is InChI=1S/C15H16FNO4/c1-2-21-15(20)11-7-8-17(9-13(11)18)14(19)10-5-3-4-6-12(10)16/h3-6,11H,2,7-9H2,1H3. The fraction of sp³-hybridized carbons (Fsp3) is 0.400. The number of esters is 1. The summed E-state index contributed by atoms with van der Waals surface area (Å²) in [7, 11) is 0. The average molecular weight is 293 g/mol. The summed E-state index contributed by atoms with van der Waals surface area (Å²) in [5, 5.41) is 0. The van der Waals surface area contributed by atoms with Crippen LogP contribution in [0.5, 0.6) is 0 Å². The highest BCUT2D eigenvalue weighted by Gasteiger charge is 2.35. The van der Waals surface area contributed by atoms with Gasteiger partial charge in [0.1, 0.15) is 11.7 Å². The summed E-state index contributed by atoms with van der Waals surface area (Å²) >= 11 is 0. The normalized spacial score (nSPS) is 18.5. The van der Waals surface area contributed by atoms with E-state index in [1.54, 1.807) is 13.0 Å². The van der Waals surface area contributed by atoms with Crippen LogP contribution >= 0.6 is 0 Å². The molecule has 0 aliphatic carbocycles. The molecule has 21 heavy (non-hydrogen) atoms. The lowest BCUT2D eigenvalue weighted by atomic mass is 9.95. The van der Waals surface area contributed by atoms with E-state index in [-0.39, 0.29) is 37.5 Å². The first-order valence-corrected chi connectivity index (χ1v) is 6.77. The molecule has 5 nitrogen and oxygen atoms in total. The Bertz CT molecular complexity index is 573. The van der Waals surface area contributed by atoms with E-state index >= 15 is 0 Å². The number of amides is 1. The lowest BCUT2D eigenvalue weighted by molar-refractivity contribution is -0.153. The fourth-order valence-corrected chi connectivity index (χ4v) is 2.29. The number of halogens is 1. The molecule has 2 rings (SSSR count). The highest BCUT2D eigenvalue weighted by atomic mass is 19.1. The number of carbonyl (C=O) groups excluding carboxylic acids is 3. The van der Waals surface area contributed by atoms with Crippen molar-refractivity contribution in [1.29, 1.82) is 0 Å². The number of ketones is 1. The number of carbonyl (C=O) groups is 3. The SMILES string of the molecule is CCOC(=O)C1CCN(C(=O)c2ccccc2F)CC1=O. The third-order valence-corrected chi connectivity index (χ3v) is 3.39. The van der Waals surface area contributed by atoms with E-state index in [0.29, 0.717) is 0 Å². The molecule has 0 saturated carbocycles. The lowest BCUT2D eigenvalue weighted by Gasteiger charge is -2.29. The van der Waals surface area contributed by atoms with Gasteiger partial charge in [-0.2, -0.15) is 0 Å².